The molecule has 0 N–H and O–H groups in total. The molecule has 1 aromatic carbocycles. The largest absolute Gasteiger partial charge is 0.462 e. The number of halogens is 3. The van der Waals surface area contributed by atoms with Gasteiger partial charge in [0.15, 0.2) is 5.78 Å². The Morgan fingerprint density at radius 1 is 1.32 bits per heavy atom. The summed E-state index contributed by atoms with van der Waals surface area (Å²) in [6.07, 6.45) is -2.73. The number of alkyl halides is 3. The van der Waals surface area contributed by atoms with Gasteiger partial charge in [0, 0.05) is 11.1 Å². The molecule has 3 nitrogen and oxygen atoms in total. The molecule has 0 radical (unpaired) electrons. The standard InChI is InChI=1S/C13H13ClF2O3/c1-3-19-13(18)10-6-8(12(15)16)4-5-9(10)11(17)7(2)14/h4-7,12H,3H2,1-2H3. The van der Waals surface area contributed by atoms with Crippen LogP contribution in [0.4, 0.5) is 8.78 Å². The molecule has 0 aliphatic rings. The van der Waals surface area contributed by atoms with E-state index in [-0.39, 0.29) is 23.3 Å². The van der Waals surface area contributed by atoms with E-state index >= 15 is 0 Å². The van der Waals surface area contributed by atoms with Crippen LogP contribution in [0.2, 0.25) is 0 Å². The predicted molar refractivity (Wildman–Crippen MR) is 67.0 cm³/mol. The van der Waals surface area contributed by atoms with Crippen molar-refractivity contribution in [3.63, 3.8) is 0 Å². The Labute approximate surface area is 114 Å². The third-order valence-electron chi connectivity index (χ3n) is 2.42. The van der Waals surface area contributed by atoms with E-state index in [9.17, 15) is 18.4 Å². The van der Waals surface area contributed by atoms with Crippen molar-refractivity contribution >= 4 is 23.4 Å². The van der Waals surface area contributed by atoms with Crippen molar-refractivity contribution in [2.24, 2.45) is 0 Å². The molecule has 1 rings (SSSR count). The molecule has 0 aromatic heterocycles. The van der Waals surface area contributed by atoms with Crippen molar-refractivity contribution in [1.82, 2.24) is 0 Å². The number of carbonyl (C=O) groups is 2. The molecule has 0 bridgehead atoms. The summed E-state index contributed by atoms with van der Waals surface area (Å²) >= 11 is 5.67. The highest BCUT2D eigenvalue weighted by Gasteiger charge is 2.23. The van der Waals surface area contributed by atoms with Gasteiger partial charge >= 0.3 is 5.97 Å². The Bertz CT molecular complexity index is 487. The summed E-state index contributed by atoms with van der Waals surface area (Å²) < 4.78 is 30.0. The van der Waals surface area contributed by atoms with Crippen molar-refractivity contribution < 1.29 is 23.1 Å². The van der Waals surface area contributed by atoms with E-state index < -0.39 is 23.6 Å². The zero-order valence-corrected chi connectivity index (χ0v) is 11.2. The van der Waals surface area contributed by atoms with Gasteiger partial charge in [0.05, 0.1) is 17.5 Å². The van der Waals surface area contributed by atoms with Crippen LogP contribution in [0, 0.1) is 0 Å². The van der Waals surface area contributed by atoms with Crippen LogP contribution in [0.15, 0.2) is 18.2 Å². The molecule has 0 saturated heterocycles. The fourth-order valence-electron chi connectivity index (χ4n) is 1.50. The van der Waals surface area contributed by atoms with Gasteiger partial charge in [-0.25, -0.2) is 13.6 Å². The zero-order chi connectivity index (χ0) is 14.6. The highest BCUT2D eigenvalue weighted by atomic mass is 35.5. The summed E-state index contributed by atoms with van der Waals surface area (Å²) in [5.41, 5.74) is -0.538. The number of ether oxygens (including phenoxy) is 1. The number of esters is 1. The Morgan fingerprint density at radius 2 is 1.95 bits per heavy atom. The first-order valence-electron chi connectivity index (χ1n) is 5.66. The van der Waals surface area contributed by atoms with Gasteiger partial charge in [-0.1, -0.05) is 12.1 Å². The quantitative estimate of drug-likeness (QED) is 0.473. The van der Waals surface area contributed by atoms with Gasteiger partial charge in [0.2, 0.25) is 0 Å². The lowest BCUT2D eigenvalue weighted by Gasteiger charge is -2.11. The highest BCUT2D eigenvalue weighted by Crippen LogP contribution is 2.24. The molecule has 19 heavy (non-hydrogen) atoms. The lowest BCUT2D eigenvalue weighted by molar-refractivity contribution is 0.0522. The Kier molecular flexibility index (Phi) is 5.42. The Morgan fingerprint density at radius 3 is 2.42 bits per heavy atom. The molecule has 0 aliphatic heterocycles. The van der Waals surface area contributed by atoms with Crippen LogP contribution in [0.25, 0.3) is 0 Å². The summed E-state index contributed by atoms with van der Waals surface area (Å²) in [5.74, 6) is -1.32. The maximum absolute atomic E-state index is 12.6. The van der Waals surface area contributed by atoms with Gasteiger partial charge in [-0.2, -0.15) is 0 Å². The number of hydrogen-bond acceptors (Lipinski definition) is 3. The minimum absolute atomic E-state index is 0.00894. The molecule has 0 aliphatic carbocycles. The normalized spacial score (nSPS) is 12.3. The van der Waals surface area contributed by atoms with Crippen LogP contribution >= 0.6 is 11.6 Å². The van der Waals surface area contributed by atoms with Gasteiger partial charge in [0.25, 0.3) is 6.43 Å². The van der Waals surface area contributed by atoms with Crippen molar-refractivity contribution in [1.29, 1.82) is 0 Å². The molecule has 104 valence electrons. The van der Waals surface area contributed by atoms with Crippen LogP contribution in [0.5, 0.6) is 0 Å². The lowest BCUT2D eigenvalue weighted by atomic mass is 9.99. The second-order valence-corrected chi connectivity index (χ2v) is 4.46. The van der Waals surface area contributed by atoms with Crippen molar-refractivity contribution in [3.8, 4) is 0 Å². The Hall–Kier alpha value is -1.49. The molecule has 0 heterocycles. The lowest BCUT2D eigenvalue weighted by Crippen LogP contribution is -2.17. The van der Waals surface area contributed by atoms with Crippen molar-refractivity contribution in [2.75, 3.05) is 6.61 Å². The van der Waals surface area contributed by atoms with Crippen LogP contribution in [-0.2, 0) is 4.74 Å². The van der Waals surface area contributed by atoms with E-state index in [1.54, 1.807) is 6.92 Å². The van der Waals surface area contributed by atoms with E-state index in [0.717, 1.165) is 12.1 Å². The first kappa shape index (κ1) is 15.6. The summed E-state index contributed by atoms with van der Waals surface area (Å²) in [6, 6.07) is 3.24. The number of ketones is 1. The topological polar surface area (TPSA) is 43.4 Å². The molecule has 0 fully saturated rings. The molecular formula is C13H13ClF2O3. The zero-order valence-electron chi connectivity index (χ0n) is 10.5. The molecule has 0 spiro atoms. The summed E-state index contributed by atoms with van der Waals surface area (Å²) in [4.78, 5) is 23.5. The van der Waals surface area contributed by atoms with E-state index in [0.29, 0.717) is 0 Å². The number of Topliss-reactive ketones (excluding diaryl/α,β-unsaturated/α-hetero) is 1. The van der Waals surface area contributed by atoms with E-state index in [4.69, 9.17) is 16.3 Å². The molecule has 1 aromatic rings. The molecule has 1 atom stereocenters. The molecule has 0 saturated carbocycles. The maximum atomic E-state index is 12.6. The predicted octanol–water partition coefficient (Wildman–Crippen LogP) is 3.61. The summed E-state index contributed by atoms with van der Waals surface area (Å²) in [5, 5.41) is -0.856. The molecule has 6 heteroatoms. The number of benzene rings is 1. The first-order chi connectivity index (χ1) is 8.88. The fourth-order valence-corrected chi connectivity index (χ4v) is 1.62. The SMILES string of the molecule is CCOC(=O)c1cc(C(F)F)ccc1C(=O)C(C)Cl. The average molecular weight is 291 g/mol. The van der Waals surface area contributed by atoms with Crippen molar-refractivity contribution in [2.45, 2.75) is 25.7 Å². The summed E-state index contributed by atoms with van der Waals surface area (Å²) in [7, 11) is 0. The van der Waals surface area contributed by atoms with Crippen LogP contribution in [0.3, 0.4) is 0 Å². The van der Waals surface area contributed by atoms with Crippen LogP contribution in [-0.4, -0.2) is 23.7 Å². The van der Waals surface area contributed by atoms with Crippen LogP contribution in [0.1, 0.15) is 46.6 Å². The van der Waals surface area contributed by atoms with Crippen LogP contribution < -0.4 is 0 Å². The average Bonchev–Trinajstić information content (AvgIpc) is 2.37. The second-order valence-electron chi connectivity index (χ2n) is 3.81. The monoisotopic (exact) mass is 290 g/mol. The smallest absolute Gasteiger partial charge is 0.338 e. The third-order valence-corrected chi connectivity index (χ3v) is 2.62. The van der Waals surface area contributed by atoms with Gasteiger partial charge in [0.1, 0.15) is 0 Å². The van der Waals surface area contributed by atoms with Gasteiger partial charge in [-0.05, 0) is 19.9 Å². The first-order valence-corrected chi connectivity index (χ1v) is 6.09. The van der Waals surface area contributed by atoms with Gasteiger partial charge < -0.3 is 4.74 Å². The van der Waals surface area contributed by atoms with Gasteiger partial charge in [-0.3, -0.25) is 4.79 Å². The fraction of sp³-hybridized carbons (Fsp3) is 0.385. The Balaban J connectivity index is 3.30. The molecular weight excluding hydrogens is 278 g/mol. The maximum Gasteiger partial charge on any atom is 0.338 e. The minimum atomic E-state index is -2.73. The van der Waals surface area contributed by atoms with Gasteiger partial charge in [-0.15, -0.1) is 11.6 Å². The van der Waals surface area contributed by atoms with E-state index in [2.05, 4.69) is 0 Å². The molecule has 1 unspecified atom stereocenters. The number of rotatable bonds is 5. The van der Waals surface area contributed by atoms with E-state index in [1.807, 2.05) is 0 Å². The van der Waals surface area contributed by atoms with Crippen molar-refractivity contribution in [3.05, 3.63) is 34.9 Å². The number of carbonyl (C=O) groups excluding carboxylic acids is 2. The minimum Gasteiger partial charge on any atom is -0.462 e. The van der Waals surface area contributed by atoms with E-state index in [1.165, 1.54) is 13.0 Å². The number of hydrogen-bond donors (Lipinski definition) is 0. The third kappa shape index (κ3) is 3.73. The summed E-state index contributed by atoms with van der Waals surface area (Å²) in [6.45, 7) is 3.11. The molecule has 0 amide bonds. The second kappa shape index (κ2) is 6.61. The highest BCUT2D eigenvalue weighted by molar-refractivity contribution is 6.34.